The Morgan fingerprint density at radius 2 is 1.88 bits per heavy atom. The summed E-state index contributed by atoms with van der Waals surface area (Å²) in [5.41, 5.74) is 1.58. The smallest absolute Gasteiger partial charge is 0.376 e. The lowest BCUT2D eigenvalue weighted by molar-refractivity contribution is 0.0494. The number of hydrogen-bond acceptors (Lipinski definition) is 4. The molecule has 1 heterocycles. The fourth-order valence-electron chi connectivity index (χ4n) is 2.32. The van der Waals surface area contributed by atoms with Crippen LogP contribution >= 0.6 is 12.2 Å². The first kappa shape index (κ1) is 16.9. The van der Waals surface area contributed by atoms with E-state index in [9.17, 15) is 9.18 Å². The fraction of sp³-hybridized carbons (Fsp3) is 0.111. The van der Waals surface area contributed by atoms with Crippen molar-refractivity contribution in [1.82, 2.24) is 0 Å². The van der Waals surface area contributed by atoms with Gasteiger partial charge in [-0.15, -0.1) is 0 Å². The third-order valence-electron chi connectivity index (χ3n) is 3.40. The number of anilines is 2. The molecular weight excluding hydrogens is 343 g/mol. The monoisotopic (exact) mass is 358 g/mol. The quantitative estimate of drug-likeness (QED) is 0.527. The highest BCUT2D eigenvalue weighted by Crippen LogP contribution is 2.31. The molecule has 0 bridgehead atoms. The van der Waals surface area contributed by atoms with Crippen molar-refractivity contribution in [3.8, 4) is 0 Å². The number of carbonyl (C=O) groups is 1. The van der Waals surface area contributed by atoms with Gasteiger partial charge in [0.2, 0.25) is 5.76 Å². The Hall–Kier alpha value is -2.93. The Morgan fingerprint density at radius 1 is 1.16 bits per heavy atom. The van der Waals surface area contributed by atoms with E-state index in [0.717, 1.165) is 0 Å². The molecular formula is C18H15FN2O3S. The molecule has 0 amide bonds. The van der Waals surface area contributed by atoms with Crippen LogP contribution in [0.25, 0.3) is 11.0 Å². The Labute approximate surface area is 148 Å². The number of esters is 1. The molecule has 2 aromatic carbocycles. The van der Waals surface area contributed by atoms with Gasteiger partial charge in [0.25, 0.3) is 0 Å². The van der Waals surface area contributed by atoms with Gasteiger partial charge >= 0.3 is 5.97 Å². The van der Waals surface area contributed by atoms with Gasteiger partial charge in [-0.05, 0) is 55.5 Å². The van der Waals surface area contributed by atoms with Gasteiger partial charge in [-0.1, -0.05) is 12.1 Å². The lowest BCUT2D eigenvalue weighted by Gasteiger charge is -2.10. The maximum atomic E-state index is 13.0. The molecule has 0 saturated carbocycles. The summed E-state index contributed by atoms with van der Waals surface area (Å²) in [6, 6.07) is 13.0. The maximum Gasteiger partial charge on any atom is 0.376 e. The van der Waals surface area contributed by atoms with Crippen molar-refractivity contribution in [2.24, 2.45) is 0 Å². The first-order valence-corrected chi connectivity index (χ1v) is 8.01. The molecule has 5 nitrogen and oxygen atoms in total. The van der Waals surface area contributed by atoms with Crippen LogP contribution in [0.2, 0.25) is 0 Å². The summed E-state index contributed by atoms with van der Waals surface area (Å²) in [6.45, 7) is 1.95. The lowest BCUT2D eigenvalue weighted by atomic mass is 10.2. The Kier molecular flexibility index (Phi) is 4.95. The van der Waals surface area contributed by atoms with Crippen molar-refractivity contribution >= 4 is 45.6 Å². The van der Waals surface area contributed by atoms with E-state index in [1.807, 2.05) is 12.1 Å². The second kappa shape index (κ2) is 7.31. The van der Waals surface area contributed by atoms with Gasteiger partial charge < -0.3 is 19.8 Å². The molecule has 3 rings (SSSR count). The topological polar surface area (TPSA) is 63.5 Å². The molecule has 2 N–H and O–H groups in total. The van der Waals surface area contributed by atoms with Crippen LogP contribution in [0.1, 0.15) is 17.5 Å². The summed E-state index contributed by atoms with van der Waals surface area (Å²) >= 11 is 5.28. The normalized spacial score (nSPS) is 10.5. The first-order valence-electron chi connectivity index (χ1n) is 7.60. The van der Waals surface area contributed by atoms with E-state index in [0.29, 0.717) is 22.3 Å². The van der Waals surface area contributed by atoms with Crippen LogP contribution in [0.5, 0.6) is 0 Å². The number of ether oxygens (including phenoxy) is 1. The van der Waals surface area contributed by atoms with E-state index in [2.05, 4.69) is 10.6 Å². The Morgan fingerprint density at radius 3 is 2.60 bits per heavy atom. The summed E-state index contributed by atoms with van der Waals surface area (Å²) in [5, 5.41) is 6.84. The van der Waals surface area contributed by atoms with E-state index in [1.54, 1.807) is 31.2 Å². The van der Waals surface area contributed by atoms with Crippen molar-refractivity contribution in [3.05, 3.63) is 60.1 Å². The number of nitrogens with one attached hydrogen (secondary N) is 2. The average molecular weight is 358 g/mol. The van der Waals surface area contributed by atoms with Crippen molar-refractivity contribution in [1.29, 1.82) is 0 Å². The molecule has 0 radical (unpaired) electrons. The molecule has 0 fully saturated rings. The summed E-state index contributed by atoms with van der Waals surface area (Å²) in [4.78, 5) is 12.2. The predicted molar refractivity (Wildman–Crippen MR) is 98.4 cm³/mol. The van der Waals surface area contributed by atoms with E-state index >= 15 is 0 Å². The van der Waals surface area contributed by atoms with Crippen LogP contribution < -0.4 is 10.6 Å². The molecule has 1 aromatic heterocycles. The predicted octanol–water partition coefficient (Wildman–Crippen LogP) is 4.56. The number of furan rings is 1. The molecule has 0 aliphatic heterocycles. The summed E-state index contributed by atoms with van der Waals surface area (Å²) in [5.74, 6) is -0.869. The Balaban J connectivity index is 1.88. The SMILES string of the molecule is CCOC(=O)c1oc2ccccc2c1NC(=S)Nc1ccc(F)cc1. The number of thiocarbonyl (C=S) groups is 1. The van der Waals surface area contributed by atoms with E-state index in [1.165, 1.54) is 12.1 Å². The second-order valence-electron chi connectivity index (χ2n) is 5.11. The highest BCUT2D eigenvalue weighted by molar-refractivity contribution is 7.80. The number of carbonyl (C=O) groups excluding carboxylic acids is 1. The second-order valence-corrected chi connectivity index (χ2v) is 5.52. The van der Waals surface area contributed by atoms with Gasteiger partial charge in [-0.2, -0.15) is 0 Å². The van der Waals surface area contributed by atoms with Crippen LogP contribution in [0.15, 0.2) is 52.9 Å². The molecule has 0 spiro atoms. The highest BCUT2D eigenvalue weighted by atomic mass is 32.1. The molecule has 0 unspecified atom stereocenters. The number of para-hydroxylation sites is 1. The minimum absolute atomic E-state index is 0.0475. The largest absolute Gasteiger partial charge is 0.460 e. The molecule has 128 valence electrons. The minimum Gasteiger partial charge on any atom is -0.460 e. The van der Waals surface area contributed by atoms with Crippen molar-refractivity contribution in [2.45, 2.75) is 6.92 Å². The van der Waals surface area contributed by atoms with E-state index in [-0.39, 0.29) is 23.3 Å². The lowest BCUT2D eigenvalue weighted by Crippen LogP contribution is -2.20. The number of rotatable bonds is 4. The standard InChI is InChI=1S/C18H15FN2O3S/c1-2-23-17(22)16-15(13-5-3-4-6-14(13)24-16)21-18(25)20-12-9-7-11(19)8-10-12/h3-10H,2H2,1H3,(H2,20,21,25). The van der Waals surface area contributed by atoms with Crippen LogP contribution in [-0.4, -0.2) is 17.7 Å². The molecule has 7 heteroatoms. The van der Waals surface area contributed by atoms with Gasteiger partial charge in [0.15, 0.2) is 5.11 Å². The molecule has 0 aliphatic carbocycles. The molecule has 0 saturated heterocycles. The molecule has 0 aliphatic rings. The molecule has 0 atom stereocenters. The number of benzene rings is 2. The summed E-state index contributed by atoms with van der Waals surface area (Å²) in [7, 11) is 0. The third-order valence-corrected chi connectivity index (χ3v) is 3.60. The number of halogens is 1. The zero-order valence-electron chi connectivity index (χ0n) is 13.3. The highest BCUT2D eigenvalue weighted by Gasteiger charge is 2.22. The first-order chi connectivity index (χ1) is 12.1. The van der Waals surface area contributed by atoms with Gasteiger partial charge in [-0.25, -0.2) is 9.18 Å². The van der Waals surface area contributed by atoms with Crippen molar-refractivity contribution in [2.75, 3.05) is 17.2 Å². The van der Waals surface area contributed by atoms with Crippen molar-refractivity contribution < 1.29 is 18.3 Å². The van der Waals surface area contributed by atoms with Gasteiger partial charge in [-0.3, -0.25) is 0 Å². The molecule has 3 aromatic rings. The van der Waals surface area contributed by atoms with Gasteiger partial charge in [0, 0.05) is 11.1 Å². The van der Waals surface area contributed by atoms with Crippen LogP contribution in [0, 0.1) is 5.82 Å². The number of hydrogen-bond donors (Lipinski definition) is 2. The Bertz CT molecular complexity index is 922. The summed E-state index contributed by atoms with van der Waals surface area (Å²) < 4.78 is 23.6. The summed E-state index contributed by atoms with van der Waals surface area (Å²) in [6.07, 6.45) is 0. The maximum absolute atomic E-state index is 13.0. The van der Waals surface area contributed by atoms with E-state index in [4.69, 9.17) is 21.4 Å². The molecule has 25 heavy (non-hydrogen) atoms. The third kappa shape index (κ3) is 3.77. The van der Waals surface area contributed by atoms with Crippen LogP contribution in [-0.2, 0) is 4.74 Å². The zero-order chi connectivity index (χ0) is 17.8. The minimum atomic E-state index is -0.578. The zero-order valence-corrected chi connectivity index (χ0v) is 14.2. The van der Waals surface area contributed by atoms with Gasteiger partial charge in [0.1, 0.15) is 17.1 Å². The van der Waals surface area contributed by atoms with Gasteiger partial charge in [0.05, 0.1) is 6.61 Å². The van der Waals surface area contributed by atoms with Crippen molar-refractivity contribution in [3.63, 3.8) is 0 Å². The van der Waals surface area contributed by atoms with E-state index < -0.39 is 5.97 Å². The van der Waals surface area contributed by atoms with Crippen LogP contribution in [0.4, 0.5) is 15.8 Å². The number of fused-ring (bicyclic) bond motifs is 1. The fourth-order valence-corrected chi connectivity index (χ4v) is 2.54. The average Bonchev–Trinajstić information content (AvgIpc) is 2.96. The van der Waals surface area contributed by atoms with Crippen LogP contribution in [0.3, 0.4) is 0 Å².